The van der Waals surface area contributed by atoms with E-state index < -0.39 is 0 Å². The number of pyridine rings is 2. The third-order valence-corrected chi connectivity index (χ3v) is 2.15. The van der Waals surface area contributed by atoms with Gasteiger partial charge in [0.05, 0.1) is 0 Å². The molecule has 0 bridgehead atoms. The van der Waals surface area contributed by atoms with Gasteiger partial charge in [0.25, 0.3) is 0 Å². The second kappa shape index (κ2) is 2.80. The lowest BCUT2D eigenvalue weighted by atomic mass is 10.1. The molecule has 0 saturated heterocycles. The fraction of sp³-hybridized carbons (Fsp3) is 0.273. The Morgan fingerprint density at radius 1 is 0.923 bits per heavy atom. The first-order chi connectivity index (χ1) is 6.16. The van der Waals surface area contributed by atoms with Gasteiger partial charge in [-0.25, -0.2) is 9.97 Å². The highest BCUT2D eigenvalue weighted by molar-refractivity contribution is 5.78. The van der Waals surface area contributed by atoms with E-state index in [1.54, 1.807) is 0 Å². The zero-order valence-corrected chi connectivity index (χ0v) is 8.13. The molecule has 0 radical (unpaired) electrons. The van der Waals surface area contributed by atoms with Crippen molar-refractivity contribution in [1.82, 2.24) is 9.97 Å². The topological polar surface area (TPSA) is 25.8 Å². The van der Waals surface area contributed by atoms with Crippen LogP contribution in [0.3, 0.4) is 0 Å². The van der Waals surface area contributed by atoms with Gasteiger partial charge < -0.3 is 0 Å². The predicted octanol–water partition coefficient (Wildman–Crippen LogP) is 2.56. The number of nitrogens with zero attached hydrogens (tertiary/aromatic N) is 2. The summed E-state index contributed by atoms with van der Waals surface area (Å²) in [6.45, 7) is 6.07. The Morgan fingerprint density at radius 2 is 1.62 bits per heavy atom. The van der Waals surface area contributed by atoms with Crippen molar-refractivity contribution >= 4 is 11.0 Å². The second-order valence-electron chi connectivity index (χ2n) is 3.40. The first-order valence-electron chi connectivity index (χ1n) is 4.38. The van der Waals surface area contributed by atoms with E-state index in [9.17, 15) is 0 Å². The van der Waals surface area contributed by atoms with E-state index in [0.29, 0.717) is 0 Å². The Hall–Kier alpha value is -1.44. The molecule has 0 aromatic carbocycles. The fourth-order valence-electron chi connectivity index (χ4n) is 1.53. The third kappa shape index (κ3) is 1.39. The van der Waals surface area contributed by atoms with Crippen LogP contribution >= 0.6 is 0 Å². The van der Waals surface area contributed by atoms with Crippen LogP contribution in [0.4, 0.5) is 0 Å². The summed E-state index contributed by atoms with van der Waals surface area (Å²) >= 11 is 0. The van der Waals surface area contributed by atoms with Crippen LogP contribution in [0.5, 0.6) is 0 Å². The Morgan fingerprint density at radius 3 is 2.38 bits per heavy atom. The highest BCUT2D eigenvalue weighted by atomic mass is 14.9. The van der Waals surface area contributed by atoms with Gasteiger partial charge in [-0.3, -0.25) is 0 Å². The van der Waals surface area contributed by atoms with E-state index >= 15 is 0 Å². The monoisotopic (exact) mass is 172 g/mol. The Labute approximate surface area is 77.6 Å². The largest absolute Gasteiger partial charge is 0.233 e. The molecule has 0 spiro atoms. The standard InChI is InChI=1S/C11H12N2/c1-7-6-9(3)13-11-10(7)5-4-8(2)12-11/h4-6H,1-3H3. The van der Waals surface area contributed by atoms with Gasteiger partial charge >= 0.3 is 0 Å². The fourth-order valence-corrected chi connectivity index (χ4v) is 1.53. The minimum Gasteiger partial charge on any atom is -0.233 e. The van der Waals surface area contributed by atoms with Crippen LogP contribution in [0.1, 0.15) is 17.0 Å². The van der Waals surface area contributed by atoms with Crippen molar-refractivity contribution in [2.75, 3.05) is 0 Å². The van der Waals surface area contributed by atoms with Crippen LogP contribution in [0.25, 0.3) is 11.0 Å². The molecule has 13 heavy (non-hydrogen) atoms. The Bertz CT molecular complexity index is 456. The first kappa shape index (κ1) is 8.17. The third-order valence-electron chi connectivity index (χ3n) is 2.15. The summed E-state index contributed by atoms with van der Waals surface area (Å²) in [6, 6.07) is 6.19. The normalized spacial score (nSPS) is 10.7. The number of rotatable bonds is 0. The molecule has 2 aromatic heterocycles. The van der Waals surface area contributed by atoms with Gasteiger partial charge in [-0.05, 0) is 44.5 Å². The van der Waals surface area contributed by atoms with E-state index in [4.69, 9.17) is 0 Å². The lowest BCUT2D eigenvalue weighted by Crippen LogP contribution is -1.91. The average molecular weight is 172 g/mol. The smallest absolute Gasteiger partial charge is 0.159 e. The molecule has 0 N–H and O–H groups in total. The van der Waals surface area contributed by atoms with Crippen LogP contribution in [0, 0.1) is 20.8 Å². The maximum atomic E-state index is 4.39. The van der Waals surface area contributed by atoms with Crippen LogP contribution in [0.15, 0.2) is 18.2 Å². The number of hydrogen-bond acceptors (Lipinski definition) is 2. The minimum absolute atomic E-state index is 0.859. The zero-order chi connectivity index (χ0) is 9.42. The Kier molecular flexibility index (Phi) is 1.76. The van der Waals surface area contributed by atoms with Crippen LogP contribution < -0.4 is 0 Å². The van der Waals surface area contributed by atoms with Crippen molar-refractivity contribution in [3.8, 4) is 0 Å². The first-order valence-corrected chi connectivity index (χ1v) is 4.38. The molecule has 0 fully saturated rings. The van der Waals surface area contributed by atoms with E-state index in [1.165, 1.54) is 5.56 Å². The molecular weight excluding hydrogens is 160 g/mol. The average Bonchev–Trinajstić information content (AvgIpc) is 2.02. The summed E-state index contributed by atoms with van der Waals surface area (Å²) in [6.07, 6.45) is 0. The molecule has 2 rings (SSSR count). The maximum Gasteiger partial charge on any atom is 0.159 e. The maximum absolute atomic E-state index is 4.39. The van der Waals surface area contributed by atoms with Crippen molar-refractivity contribution in [2.45, 2.75) is 20.8 Å². The molecule has 0 amide bonds. The quantitative estimate of drug-likeness (QED) is 0.610. The van der Waals surface area contributed by atoms with Crippen molar-refractivity contribution in [3.63, 3.8) is 0 Å². The molecule has 2 heteroatoms. The summed E-state index contributed by atoms with van der Waals surface area (Å²) < 4.78 is 0. The summed E-state index contributed by atoms with van der Waals surface area (Å²) in [7, 11) is 0. The number of aryl methyl sites for hydroxylation is 3. The van der Waals surface area contributed by atoms with E-state index in [1.807, 2.05) is 19.9 Å². The molecule has 0 atom stereocenters. The predicted molar refractivity (Wildman–Crippen MR) is 53.7 cm³/mol. The van der Waals surface area contributed by atoms with Gasteiger partial charge in [-0.2, -0.15) is 0 Å². The summed E-state index contributed by atoms with van der Waals surface area (Å²) in [5.74, 6) is 0. The highest BCUT2D eigenvalue weighted by Crippen LogP contribution is 2.15. The summed E-state index contributed by atoms with van der Waals surface area (Å²) in [5.41, 5.74) is 4.15. The van der Waals surface area contributed by atoms with E-state index in [2.05, 4.69) is 29.0 Å². The van der Waals surface area contributed by atoms with Crippen molar-refractivity contribution in [1.29, 1.82) is 0 Å². The van der Waals surface area contributed by atoms with Crippen LogP contribution in [0.2, 0.25) is 0 Å². The summed E-state index contributed by atoms with van der Waals surface area (Å²) in [5, 5.41) is 1.15. The molecule has 0 aliphatic carbocycles. The molecule has 2 nitrogen and oxygen atoms in total. The molecular formula is C11H12N2. The number of hydrogen-bond donors (Lipinski definition) is 0. The van der Waals surface area contributed by atoms with Gasteiger partial charge in [-0.1, -0.05) is 0 Å². The van der Waals surface area contributed by atoms with Gasteiger partial charge in [0.1, 0.15) is 0 Å². The summed E-state index contributed by atoms with van der Waals surface area (Å²) in [4.78, 5) is 8.77. The van der Waals surface area contributed by atoms with Gasteiger partial charge in [0.15, 0.2) is 5.65 Å². The highest BCUT2D eigenvalue weighted by Gasteiger charge is 2.00. The van der Waals surface area contributed by atoms with Crippen molar-refractivity contribution < 1.29 is 0 Å². The second-order valence-corrected chi connectivity index (χ2v) is 3.40. The Balaban J connectivity index is 2.86. The number of fused-ring (bicyclic) bond motifs is 1. The minimum atomic E-state index is 0.859. The van der Waals surface area contributed by atoms with Crippen molar-refractivity contribution in [3.05, 3.63) is 35.2 Å². The van der Waals surface area contributed by atoms with Gasteiger partial charge in [0.2, 0.25) is 0 Å². The van der Waals surface area contributed by atoms with Gasteiger partial charge in [0, 0.05) is 16.8 Å². The molecule has 2 aromatic rings. The molecule has 0 aliphatic heterocycles. The molecule has 2 heterocycles. The molecule has 0 saturated carbocycles. The SMILES string of the molecule is Cc1ccc2c(C)cc(C)nc2n1. The number of aromatic nitrogens is 2. The lowest BCUT2D eigenvalue weighted by Gasteiger charge is -2.02. The van der Waals surface area contributed by atoms with Gasteiger partial charge in [-0.15, -0.1) is 0 Å². The van der Waals surface area contributed by atoms with Crippen LogP contribution in [-0.2, 0) is 0 Å². The van der Waals surface area contributed by atoms with Crippen molar-refractivity contribution in [2.24, 2.45) is 0 Å². The molecule has 0 aliphatic rings. The van der Waals surface area contributed by atoms with E-state index in [-0.39, 0.29) is 0 Å². The molecule has 0 unspecified atom stereocenters. The molecule has 66 valence electrons. The van der Waals surface area contributed by atoms with E-state index in [0.717, 1.165) is 22.4 Å². The lowest BCUT2D eigenvalue weighted by molar-refractivity contribution is 1.15. The zero-order valence-electron chi connectivity index (χ0n) is 8.13. The van der Waals surface area contributed by atoms with Crippen LogP contribution in [-0.4, -0.2) is 9.97 Å².